The van der Waals surface area contributed by atoms with E-state index < -0.39 is 35.2 Å². The predicted octanol–water partition coefficient (Wildman–Crippen LogP) is 4.96. The van der Waals surface area contributed by atoms with E-state index in [2.05, 4.69) is 0 Å². The van der Waals surface area contributed by atoms with Gasteiger partial charge < -0.3 is 9.47 Å². The van der Waals surface area contributed by atoms with E-state index in [1.807, 2.05) is 26.0 Å². The Kier molecular flexibility index (Phi) is 7.97. The van der Waals surface area contributed by atoms with Crippen molar-refractivity contribution in [3.63, 3.8) is 0 Å². The van der Waals surface area contributed by atoms with Gasteiger partial charge in [-0.05, 0) is 38.1 Å². The van der Waals surface area contributed by atoms with Crippen molar-refractivity contribution >= 4 is 29.4 Å². The third kappa shape index (κ3) is 5.37. The van der Waals surface area contributed by atoms with Crippen LogP contribution in [-0.2, 0) is 15.3 Å². The van der Waals surface area contributed by atoms with E-state index >= 15 is 0 Å². The molecular formula is C36H30N2O7. The third-order valence-corrected chi connectivity index (χ3v) is 8.04. The molecule has 0 aliphatic carbocycles. The molecule has 6 rings (SSSR count). The van der Waals surface area contributed by atoms with Crippen molar-refractivity contribution in [2.45, 2.75) is 19.6 Å². The zero-order valence-corrected chi connectivity index (χ0v) is 24.8. The van der Waals surface area contributed by atoms with Gasteiger partial charge in [0.05, 0.1) is 48.6 Å². The smallest absolute Gasteiger partial charge is 0.261 e. The van der Waals surface area contributed by atoms with Crippen LogP contribution in [0.4, 0.5) is 0 Å². The molecule has 0 fully saturated rings. The van der Waals surface area contributed by atoms with Crippen LogP contribution in [0.1, 0.15) is 68.5 Å². The van der Waals surface area contributed by atoms with E-state index in [4.69, 9.17) is 9.47 Å². The molecule has 0 saturated carbocycles. The Morgan fingerprint density at radius 3 is 1.29 bits per heavy atom. The normalized spacial score (nSPS) is 14.3. The molecule has 0 spiro atoms. The monoisotopic (exact) mass is 602 g/mol. The van der Waals surface area contributed by atoms with Crippen LogP contribution in [0.15, 0.2) is 97.1 Å². The molecule has 9 nitrogen and oxygen atoms in total. The first-order valence-electron chi connectivity index (χ1n) is 14.6. The van der Waals surface area contributed by atoms with E-state index in [0.29, 0.717) is 33.4 Å². The highest BCUT2D eigenvalue weighted by Gasteiger charge is 2.45. The number of ketones is 1. The molecule has 0 saturated heterocycles. The Morgan fingerprint density at radius 2 is 0.911 bits per heavy atom. The van der Waals surface area contributed by atoms with Gasteiger partial charge in [-0.15, -0.1) is 0 Å². The van der Waals surface area contributed by atoms with Crippen LogP contribution in [0, 0.1) is 13.8 Å². The summed E-state index contributed by atoms with van der Waals surface area (Å²) in [5, 5.41) is 0. The number of ether oxygens (including phenoxy) is 2. The average Bonchev–Trinajstić information content (AvgIpc) is 3.45. The first kappa shape index (κ1) is 29.8. The number of imide groups is 2. The number of rotatable bonds is 11. The highest BCUT2D eigenvalue weighted by Crippen LogP contribution is 2.34. The first-order valence-corrected chi connectivity index (χ1v) is 14.6. The van der Waals surface area contributed by atoms with Gasteiger partial charge in [-0.3, -0.25) is 33.8 Å². The van der Waals surface area contributed by atoms with Gasteiger partial charge in [-0.2, -0.15) is 0 Å². The summed E-state index contributed by atoms with van der Waals surface area (Å²) in [6, 6.07) is 27.1. The molecule has 2 heterocycles. The standard InChI is InChI=1S/C36H30N2O7/c1-23-11-15-25(16-12-23)31(39)36(26-17-13-24(2)14-18-26,44-21-19-37-32(40)27-7-3-4-8-28(27)33(37)41)45-22-20-38-34(42)29-9-5-6-10-30(29)35(38)43/h3-18H,19-22H2,1-2H3. The maximum atomic E-state index is 14.4. The van der Waals surface area contributed by atoms with E-state index in [-0.39, 0.29) is 26.3 Å². The fraction of sp³-hybridized carbons (Fsp3) is 0.194. The topological polar surface area (TPSA) is 110 Å². The molecule has 0 unspecified atom stereocenters. The van der Waals surface area contributed by atoms with Gasteiger partial charge in [0.15, 0.2) is 0 Å². The minimum atomic E-state index is -2.03. The van der Waals surface area contributed by atoms with Crippen molar-refractivity contribution in [1.82, 2.24) is 9.80 Å². The summed E-state index contributed by atoms with van der Waals surface area (Å²) < 4.78 is 12.7. The number of benzene rings is 4. The molecule has 4 aromatic carbocycles. The van der Waals surface area contributed by atoms with Crippen molar-refractivity contribution in [2.75, 3.05) is 26.3 Å². The number of nitrogens with zero attached hydrogens (tertiary/aromatic N) is 2. The summed E-state index contributed by atoms with van der Waals surface area (Å²) in [6.45, 7) is 3.07. The SMILES string of the molecule is Cc1ccc(C(=O)C(OCCN2C(=O)c3ccccc3C2=O)(OCCN2C(=O)c3ccccc3C2=O)c2ccc(C)cc2)cc1. The predicted molar refractivity (Wildman–Crippen MR) is 164 cm³/mol. The van der Waals surface area contributed by atoms with Crippen LogP contribution in [0.2, 0.25) is 0 Å². The first-order chi connectivity index (χ1) is 21.7. The van der Waals surface area contributed by atoms with Gasteiger partial charge in [-0.25, -0.2) is 0 Å². The van der Waals surface area contributed by atoms with Crippen LogP contribution in [0.5, 0.6) is 0 Å². The lowest BCUT2D eigenvalue weighted by Gasteiger charge is -2.34. The molecule has 45 heavy (non-hydrogen) atoms. The van der Waals surface area contributed by atoms with Gasteiger partial charge in [-0.1, -0.05) is 83.9 Å². The van der Waals surface area contributed by atoms with Crippen LogP contribution < -0.4 is 0 Å². The average molecular weight is 603 g/mol. The molecule has 0 N–H and O–H groups in total. The minimum absolute atomic E-state index is 0.136. The molecule has 4 amide bonds. The third-order valence-electron chi connectivity index (χ3n) is 8.04. The van der Waals surface area contributed by atoms with E-state index in [0.717, 1.165) is 20.9 Å². The second-order valence-corrected chi connectivity index (χ2v) is 11.0. The Labute approximate surface area is 260 Å². The van der Waals surface area contributed by atoms with Crippen LogP contribution in [0.25, 0.3) is 0 Å². The number of carbonyl (C=O) groups excluding carboxylic acids is 5. The number of Topliss-reactive ketones (excluding diaryl/α,β-unsaturated/α-hetero) is 1. The van der Waals surface area contributed by atoms with Gasteiger partial charge in [0, 0.05) is 11.1 Å². The van der Waals surface area contributed by atoms with Crippen LogP contribution >= 0.6 is 0 Å². The number of hydrogen-bond donors (Lipinski definition) is 0. The summed E-state index contributed by atoms with van der Waals surface area (Å²) in [5.41, 5.74) is 3.80. The largest absolute Gasteiger partial charge is 0.338 e. The number of aryl methyl sites for hydroxylation is 2. The lowest BCUT2D eigenvalue weighted by atomic mass is 9.94. The van der Waals surface area contributed by atoms with Gasteiger partial charge in [0.1, 0.15) is 0 Å². The van der Waals surface area contributed by atoms with Gasteiger partial charge in [0.25, 0.3) is 29.4 Å². The highest BCUT2D eigenvalue weighted by atomic mass is 16.7. The van der Waals surface area contributed by atoms with Crippen molar-refractivity contribution in [3.05, 3.63) is 142 Å². The second kappa shape index (κ2) is 12.0. The van der Waals surface area contributed by atoms with E-state index in [1.54, 1.807) is 84.9 Å². The number of hydrogen-bond acceptors (Lipinski definition) is 7. The molecule has 0 bridgehead atoms. The molecule has 4 aromatic rings. The van der Waals surface area contributed by atoms with E-state index in [1.165, 1.54) is 0 Å². The molecule has 0 aromatic heterocycles. The Bertz CT molecular complexity index is 1680. The zero-order valence-electron chi connectivity index (χ0n) is 24.8. The molecule has 2 aliphatic rings. The highest BCUT2D eigenvalue weighted by molar-refractivity contribution is 6.22. The van der Waals surface area contributed by atoms with Crippen LogP contribution in [-0.4, -0.2) is 65.5 Å². The Balaban J connectivity index is 1.30. The molecular weight excluding hydrogens is 572 g/mol. The van der Waals surface area contributed by atoms with Gasteiger partial charge in [0.2, 0.25) is 5.78 Å². The quantitative estimate of drug-likeness (QED) is 0.136. The Morgan fingerprint density at radius 1 is 0.556 bits per heavy atom. The molecule has 2 aliphatic heterocycles. The fourth-order valence-electron chi connectivity index (χ4n) is 5.58. The Hall–Kier alpha value is -5.25. The van der Waals surface area contributed by atoms with Crippen molar-refractivity contribution < 1.29 is 33.4 Å². The number of amides is 4. The number of fused-ring (bicyclic) bond motifs is 2. The summed E-state index contributed by atoms with van der Waals surface area (Å²) in [4.78, 5) is 68.6. The fourth-order valence-corrected chi connectivity index (χ4v) is 5.58. The van der Waals surface area contributed by atoms with Crippen LogP contribution in [0.3, 0.4) is 0 Å². The summed E-state index contributed by atoms with van der Waals surface area (Å²) in [7, 11) is 0. The lowest BCUT2D eigenvalue weighted by molar-refractivity contribution is -0.210. The molecule has 9 heteroatoms. The van der Waals surface area contributed by atoms with Crippen molar-refractivity contribution in [3.8, 4) is 0 Å². The molecule has 0 radical (unpaired) electrons. The summed E-state index contributed by atoms with van der Waals surface area (Å²) in [6.07, 6.45) is 0. The second-order valence-electron chi connectivity index (χ2n) is 11.0. The molecule has 0 atom stereocenters. The van der Waals surface area contributed by atoms with Crippen molar-refractivity contribution in [1.29, 1.82) is 0 Å². The number of carbonyl (C=O) groups is 5. The zero-order chi connectivity index (χ0) is 31.7. The van der Waals surface area contributed by atoms with Gasteiger partial charge >= 0.3 is 0 Å². The van der Waals surface area contributed by atoms with Crippen molar-refractivity contribution in [2.24, 2.45) is 0 Å². The maximum Gasteiger partial charge on any atom is 0.261 e. The maximum absolute atomic E-state index is 14.4. The molecule has 226 valence electrons. The van der Waals surface area contributed by atoms with E-state index in [9.17, 15) is 24.0 Å². The minimum Gasteiger partial charge on any atom is -0.338 e. The lowest BCUT2D eigenvalue weighted by Crippen LogP contribution is -2.46. The summed E-state index contributed by atoms with van der Waals surface area (Å²) >= 11 is 0. The summed E-state index contributed by atoms with van der Waals surface area (Å²) in [5.74, 6) is -4.34.